The smallest absolute Gasteiger partial charge is 0.308 e. The molecular weight excluding hydrogens is 275 g/mol. The van der Waals surface area contributed by atoms with Crippen LogP contribution in [-0.2, 0) is 16.1 Å². The number of likely N-dealkylation sites (tertiary alicyclic amines) is 1. The number of hydrogen-bond donors (Lipinski definition) is 2. The average molecular weight is 294 g/mol. The van der Waals surface area contributed by atoms with Gasteiger partial charge in [-0.1, -0.05) is 12.1 Å². The molecule has 1 aromatic carbocycles. The van der Waals surface area contributed by atoms with Gasteiger partial charge in [0.2, 0.25) is 5.91 Å². The van der Waals surface area contributed by atoms with Gasteiger partial charge in [-0.15, -0.1) is 0 Å². The first kappa shape index (κ1) is 15.4. The van der Waals surface area contributed by atoms with E-state index < -0.39 is 11.9 Å². The fourth-order valence-corrected chi connectivity index (χ4v) is 2.60. The van der Waals surface area contributed by atoms with Crippen LogP contribution in [0.4, 0.5) is 4.39 Å². The number of carboxylic acids is 1. The van der Waals surface area contributed by atoms with Gasteiger partial charge in [0, 0.05) is 12.6 Å². The zero-order valence-corrected chi connectivity index (χ0v) is 11.9. The van der Waals surface area contributed by atoms with E-state index in [0.717, 1.165) is 5.56 Å². The van der Waals surface area contributed by atoms with Gasteiger partial charge in [-0.25, -0.2) is 4.39 Å². The Kier molecular flexibility index (Phi) is 4.90. The first-order chi connectivity index (χ1) is 9.97. The van der Waals surface area contributed by atoms with E-state index >= 15 is 0 Å². The molecular formula is C15H19FN2O3. The summed E-state index contributed by atoms with van der Waals surface area (Å²) in [6.07, 6.45) is 0.571. The molecule has 0 radical (unpaired) electrons. The van der Waals surface area contributed by atoms with Crippen LogP contribution < -0.4 is 5.32 Å². The Hall–Kier alpha value is -1.95. The second-order valence-corrected chi connectivity index (χ2v) is 5.35. The normalized spacial score (nSPS) is 22.2. The highest BCUT2D eigenvalue weighted by Gasteiger charge is 2.36. The van der Waals surface area contributed by atoms with E-state index in [1.54, 1.807) is 12.1 Å². The van der Waals surface area contributed by atoms with E-state index in [2.05, 4.69) is 5.32 Å². The van der Waals surface area contributed by atoms with E-state index in [4.69, 9.17) is 5.11 Å². The van der Waals surface area contributed by atoms with Gasteiger partial charge >= 0.3 is 5.97 Å². The number of aliphatic carboxylic acids is 1. The number of benzene rings is 1. The number of rotatable bonds is 5. The fraction of sp³-hybridized carbons (Fsp3) is 0.467. The Morgan fingerprint density at radius 1 is 1.38 bits per heavy atom. The van der Waals surface area contributed by atoms with Gasteiger partial charge in [0.05, 0.1) is 12.5 Å². The van der Waals surface area contributed by atoms with E-state index in [-0.39, 0.29) is 24.3 Å². The fourth-order valence-electron chi connectivity index (χ4n) is 2.60. The third kappa shape index (κ3) is 4.01. The van der Waals surface area contributed by atoms with E-state index in [0.29, 0.717) is 19.5 Å². The van der Waals surface area contributed by atoms with Gasteiger partial charge in [0.1, 0.15) is 5.82 Å². The summed E-state index contributed by atoms with van der Waals surface area (Å²) >= 11 is 0. The lowest BCUT2D eigenvalue weighted by molar-refractivity contribution is -0.142. The van der Waals surface area contributed by atoms with Crippen molar-refractivity contribution in [3.8, 4) is 0 Å². The molecule has 6 heteroatoms. The summed E-state index contributed by atoms with van der Waals surface area (Å²) in [5, 5.41) is 11.8. The Balaban J connectivity index is 1.80. The van der Waals surface area contributed by atoms with Gasteiger partial charge in [0.15, 0.2) is 0 Å². The van der Waals surface area contributed by atoms with Crippen LogP contribution in [0.15, 0.2) is 24.3 Å². The van der Waals surface area contributed by atoms with Crippen molar-refractivity contribution in [2.75, 3.05) is 13.1 Å². The summed E-state index contributed by atoms with van der Waals surface area (Å²) < 4.78 is 12.8. The number of nitrogens with one attached hydrogen (secondary N) is 1. The highest BCUT2D eigenvalue weighted by atomic mass is 19.1. The molecule has 2 atom stereocenters. The van der Waals surface area contributed by atoms with Gasteiger partial charge in [0.25, 0.3) is 0 Å². The minimum absolute atomic E-state index is 0.140. The van der Waals surface area contributed by atoms with Crippen molar-refractivity contribution < 1.29 is 19.1 Å². The van der Waals surface area contributed by atoms with Crippen molar-refractivity contribution in [2.24, 2.45) is 5.92 Å². The molecule has 2 unspecified atom stereocenters. The molecule has 1 amide bonds. The third-order valence-electron chi connectivity index (χ3n) is 3.95. The first-order valence-electron chi connectivity index (χ1n) is 6.95. The molecule has 0 saturated carbocycles. The molecule has 5 nitrogen and oxygen atoms in total. The molecule has 0 spiro atoms. The Morgan fingerprint density at radius 2 is 2.05 bits per heavy atom. The van der Waals surface area contributed by atoms with Gasteiger partial charge in [-0.2, -0.15) is 0 Å². The first-order valence-corrected chi connectivity index (χ1v) is 6.95. The molecule has 1 heterocycles. The van der Waals surface area contributed by atoms with Crippen LogP contribution in [0.1, 0.15) is 18.9 Å². The van der Waals surface area contributed by atoms with Crippen molar-refractivity contribution >= 4 is 11.9 Å². The van der Waals surface area contributed by atoms with Crippen molar-refractivity contribution in [2.45, 2.75) is 25.9 Å². The van der Waals surface area contributed by atoms with E-state index in [1.165, 1.54) is 12.1 Å². The lowest BCUT2D eigenvalue weighted by Gasteiger charge is -2.22. The van der Waals surface area contributed by atoms with Crippen LogP contribution in [0.3, 0.4) is 0 Å². The third-order valence-corrected chi connectivity index (χ3v) is 3.95. The quantitative estimate of drug-likeness (QED) is 0.857. The van der Waals surface area contributed by atoms with Gasteiger partial charge in [-0.05, 0) is 37.6 Å². The van der Waals surface area contributed by atoms with E-state index in [9.17, 15) is 14.0 Å². The van der Waals surface area contributed by atoms with Crippen LogP contribution in [-0.4, -0.2) is 41.0 Å². The lowest BCUT2D eigenvalue weighted by atomic mass is 10.0. The Bertz CT molecular complexity index is 518. The van der Waals surface area contributed by atoms with Crippen LogP contribution in [0.5, 0.6) is 0 Å². The molecule has 0 aliphatic carbocycles. The summed E-state index contributed by atoms with van der Waals surface area (Å²) in [6, 6.07) is 5.80. The number of nitrogens with zero attached hydrogens (tertiary/aromatic N) is 1. The molecule has 114 valence electrons. The summed E-state index contributed by atoms with van der Waals surface area (Å²) in [4.78, 5) is 24.8. The molecule has 0 aromatic heterocycles. The number of halogens is 1. The maximum atomic E-state index is 12.8. The summed E-state index contributed by atoms with van der Waals surface area (Å²) in [6.45, 7) is 2.97. The predicted octanol–water partition coefficient (Wildman–Crippen LogP) is 1.24. The second-order valence-electron chi connectivity index (χ2n) is 5.35. The van der Waals surface area contributed by atoms with Crippen molar-refractivity contribution in [3.05, 3.63) is 35.6 Å². The van der Waals surface area contributed by atoms with Crippen molar-refractivity contribution in [1.29, 1.82) is 0 Å². The maximum absolute atomic E-state index is 12.8. The molecule has 21 heavy (non-hydrogen) atoms. The number of carbonyl (C=O) groups excluding carboxylic acids is 1. The molecule has 1 saturated heterocycles. The highest BCUT2D eigenvalue weighted by molar-refractivity contribution is 5.78. The molecule has 2 N–H and O–H groups in total. The number of hydrogen-bond acceptors (Lipinski definition) is 3. The minimum atomic E-state index is -0.809. The van der Waals surface area contributed by atoms with Crippen molar-refractivity contribution in [1.82, 2.24) is 10.2 Å². The van der Waals surface area contributed by atoms with Gasteiger partial charge in [-0.3, -0.25) is 14.5 Å². The Morgan fingerprint density at radius 3 is 2.62 bits per heavy atom. The van der Waals surface area contributed by atoms with Crippen LogP contribution in [0, 0.1) is 11.7 Å². The lowest BCUT2D eigenvalue weighted by Crippen LogP contribution is -2.40. The molecule has 0 bridgehead atoms. The van der Waals surface area contributed by atoms with Crippen molar-refractivity contribution in [3.63, 3.8) is 0 Å². The second kappa shape index (κ2) is 6.67. The molecule has 2 rings (SSSR count). The maximum Gasteiger partial charge on any atom is 0.308 e. The van der Waals surface area contributed by atoms with Crippen LogP contribution in [0.2, 0.25) is 0 Å². The number of carbonyl (C=O) groups is 2. The average Bonchev–Trinajstić information content (AvgIpc) is 2.80. The predicted molar refractivity (Wildman–Crippen MR) is 75.0 cm³/mol. The standard InChI is InChI=1S/C15H19FN2O3/c1-10-13(15(20)21)6-7-18(10)9-14(19)17-8-11-2-4-12(16)5-3-11/h2-5,10,13H,6-9H2,1H3,(H,17,19)(H,20,21). The van der Waals surface area contributed by atoms with Gasteiger partial charge < -0.3 is 10.4 Å². The van der Waals surface area contributed by atoms with Crippen LogP contribution in [0.25, 0.3) is 0 Å². The zero-order chi connectivity index (χ0) is 15.4. The zero-order valence-electron chi connectivity index (χ0n) is 11.9. The minimum Gasteiger partial charge on any atom is -0.481 e. The summed E-state index contributed by atoms with van der Waals surface area (Å²) in [5.74, 6) is -1.68. The summed E-state index contributed by atoms with van der Waals surface area (Å²) in [5.41, 5.74) is 0.822. The molecule has 1 aliphatic rings. The molecule has 1 fully saturated rings. The largest absolute Gasteiger partial charge is 0.481 e. The molecule has 1 aliphatic heterocycles. The topological polar surface area (TPSA) is 69.6 Å². The number of carboxylic acid groups (broad SMARTS) is 1. The van der Waals surface area contributed by atoms with E-state index in [1.807, 2.05) is 11.8 Å². The summed E-state index contributed by atoms with van der Waals surface area (Å²) in [7, 11) is 0. The Labute approximate surface area is 122 Å². The highest BCUT2D eigenvalue weighted by Crippen LogP contribution is 2.23. The van der Waals surface area contributed by atoms with Crippen LogP contribution >= 0.6 is 0 Å². The SMILES string of the molecule is CC1C(C(=O)O)CCN1CC(=O)NCc1ccc(F)cc1. The molecule has 1 aromatic rings. The monoisotopic (exact) mass is 294 g/mol. The number of amides is 1.